The molecule has 0 aliphatic heterocycles. The van der Waals surface area contributed by atoms with E-state index in [1.807, 2.05) is 31.2 Å². The molecule has 2 aromatic carbocycles. The van der Waals surface area contributed by atoms with Crippen LogP contribution in [-0.2, 0) is 6.42 Å². The van der Waals surface area contributed by atoms with Gasteiger partial charge in [0.2, 0.25) is 0 Å². The van der Waals surface area contributed by atoms with Gasteiger partial charge in [-0.1, -0.05) is 31.2 Å². The van der Waals surface area contributed by atoms with Gasteiger partial charge in [-0.25, -0.2) is 0 Å². The Bertz CT molecular complexity index is 639. The molecule has 0 saturated heterocycles. The number of carbonyl (C=O) groups is 1. The summed E-state index contributed by atoms with van der Waals surface area (Å²) in [4.78, 5) is 12.2. The Morgan fingerprint density at radius 2 is 1.70 bits per heavy atom. The second-order valence-electron chi connectivity index (χ2n) is 5.19. The lowest BCUT2D eigenvalue weighted by molar-refractivity contribution is -0.0498. The molecule has 3 nitrogen and oxygen atoms in total. The second-order valence-corrected chi connectivity index (χ2v) is 5.19. The maximum atomic E-state index is 12.2. The van der Waals surface area contributed by atoms with Crippen LogP contribution in [0.15, 0.2) is 48.5 Å². The summed E-state index contributed by atoms with van der Waals surface area (Å²) < 4.78 is 28.4. The van der Waals surface area contributed by atoms with E-state index in [1.165, 1.54) is 29.8 Å². The normalized spacial score (nSPS) is 12.0. The summed E-state index contributed by atoms with van der Waals surface area (Å²) in [6.45, 7) is 1.11. The minimum absolute atomic E-state index is 0.0275. The molecular weight excluding hydrogens is 300 g/mol. The number of ether oxygens (including phenoxy) is 1. The van der Waals surface area contributed by atoms with Gasteiger partial charge in [-0.2, -0.15) is 8.78 Å². The molecule has 0 spiro atoms. The molecule has 23 heavy (non-hydrogen) atoms. The standard InChI is InChI=1S/C18H19F2NO2/c1-3-13-4-6-14(7-5-13)12(2)21-17(22)15-8-10-16(11-9-15)23-18(19)20/h4-12,18H,3H2,1-2H3,(H,21,22). The number of carbonyl (C=O) groups excluding carboxylic acids is 1. The molecule has 2 rings (SSSR count). The van der Waals surface area contributed by atoms with Crippen LogP contribution >= 0.6 is 0 Å². The van der Waals surface area contributed by atoms with Crippen LogP contribution in [0.5, 0.6) is 5.75 Å². The third-order valence-corrected chi connectivity index (χ3v) is 3.58. The van der Waals surface area contributed by atoms with E-state index in [0.717, 1.165) is 12.0 Å². The van der Waals surface area contributed by atoms with Crippen LogP contribution in [0.1, 0.15) is 41.4 Å². The molecule has 0 aliphatic carbocycles. The quantitative estimate of drug-likeness (QED) is 0.860. The Morgan fingerprint density at radius 3 is 2.22 bits per heavy atom. The summed E-state index contributed by atoms with van der Waals surface area (Å²) in [5, 5.41) is 2.88. The molecular formula is C18H19F2NO2. The number of halogens is 2. The molecule has 1 N–H and O–H groups in total. The highest BCUT2D eigenvalue weighted by atomic mass is 19.3. The summed E-state index contributed by atoms with van der Waals surface area (Å²) in [5.74, 6) is -0.236. The van der Waals surface area contributed by atoms with Crippen LogP contribution in [-0.4, -0.2) is 12.5 Å². The molecule has 2 aromatic rings. The number of aryl methyl sites for hydroxylation is 1. The van der Waals surface area contributed by atoms with Crippen LogP contribution in [0, 0.1) is 0 Å². The van der Waals surface area contributed by atoms with Gasteiger partial charge in [0.1, 0.15) is 5.75 Å². The zero-order valence-corrected chi connectivity index (χ0v) is 13.1. The molecule has 1 amide bonds. The summed E-state index contributed by atoms with van der Waals surface area (Å²) in [6, 6.07) is 13.5. The fourth-order valence-corrected chi connectivity index (χ4v) is 2.19. The summed E-state index contributed by atoms with van der Waals surface area (Å²) in [5.41, 5.74) is 2.64. The van der Waals surface area contributed by atoms with E-state index in [0.29, 0.717) is 5.56 Å². The van der Waals surface area contributed by atoms with Gasteiger partial charge in [0, 0.05) is 5.56 Å². The lowest BCUT2D eigenvalue weighted by Crippen LogP contribution is -2.26. The number of benzene rings is 2. The highest BCUT2D eigenvalue weighted by Gasteiger charge is 2.12. The van der Waals surface area contributed by atoms with Crippen molar-refractivity contribution in [2.24, 2.45) is 0 Å². The van der Waals surface area contributed by atoms with Crippen LogP contribution in [0.4, 0.5) is 8.78 Å². The number of hydrogen-bond donors (Lipinski definition) is 1. The van der Waals surface area contributed by atoms with E-state index in [-0.39, 0.29) is 17.7 Å². The first kappa shape index (κ1) is 16.9. The lowest BCUT2D eigenvalue weighted by Gasteiger charge is -2.15. The van der Waals surface area contributed by atoms with Crippen LogP contribution in [0.25, 0.3) is 0 Å². The van der Waals surface area contributed by atoms with Crippen LogP contribution < -0.4 is 10.1 Å². The maximum Gasteiger partial charge on any atom is 0.387 e. The van der Waals surface area contributed by atoms with Crippen molar-refractivity contribution in [3.05, 3.63) is 65.2 Å². The molecule has 0 aliphatic rings. The van der Waals surface area contributed by atoms with Crippen molar-refractivity contribution in [1.29, 1.82) is 0 Å². The molecule has 0 aromatic heterocycles. The van der Waals surface area contributed by atoms with E-state index in [9.17, 15) is 13.6 Å². The van der Waals surface area contributed by atoms with Crippen molar-refractivity contribution in [3.63, 3.8) is 0 Å². The third kappa shape index (κ3) is 4.77. The highest BCUT2D eigenvalue weighted by Crippen LogP contribution is 2.17. The molecule has 5 heteroatoms. The highest BCUT2D eigenvalue weighted by molar-refractivity contribution is 5.94. The smallest absolute Gasteiger partial charge is 0.387 e. The molecule has 0 radical (unpaired) electrons. The Kier molecular flexibility index (Phi) is 5.68. The van der Waals surface area contributed by atoms with Gasteiger partial charge in [-0.05, 0) is 48.7 Å². The van der Waals surface area contributed by atoms with Crippen molar-refractivity contribution in [3.8, 4) is 5.75 Å². The monoisotopic (exact) mass is 319 g/mol. The Labute approximate surface area is 134 Å². The van der Waals surface area contributed by atoms with Gasteiger partial charge in [0.25, 0.3) is 5.91 Å². The minimum atomic E-state index is -2.87. The first-order valence-electron chi connectivity index (χ1n) is 7.44. The van der Waals surface area contributed by atoms with E-state index >= 15 is 0 Å². The zero-order chi connectivity index (χ0) is 16.8. The predicted octanol–water partition coefficient (Wildman–Crippen LogP) is 4.34. The largest absolute Gasteiger partial charge is 0.435 e. The Morgan fingerprint density at radius 1 is 1.09 bits per heavy atom. The minimum Gasteiger partial charge on any atom is -0.435 e. The molecule has 0 fully saturated rings. The maximum absolute atomic E-state index is 12.2. The summed E-state index contributed by atoms with van der Waals surface area (Å²) in [6.07, 6.45) is 0.966. The number of nitrogens with one attached hydrogen (secondary N) is 1. The molecule has 1 unspecified atom stereocenters. The fraction of sp³-hybridized carbons (Fsp3) is 0.278. The topological polar surface area (TPSA) is 38.3 Å². The van der Waals surface area contributed by atoms with Gasteiger partial charge < -0.3 is 10.1 Å². The second kappa shape index (κ2) is 7.72. The Balaban J connectivity index is 1.99. The third-order valence-electron chi connectivity index (χ3n) is 3.58. The molecule has 1 atom stereocenters. The summed E-state index contributed by atoms with van der Waals surface area (Å²) in [7, 11) is 0. The first-order valence-corrected chi connectivity index (χ1v) is 7.44. The molecule has 0 heterocycles. The number of alkyl halides is 2. The van der Waals surface area contributed by atoms with Gasteiger partial charge >= 0.3 is 6.61 Å². The number of amides is 1. The SMILES string of the molecule is CCc1ccc(C(C)NC(=O)c2ccc(OC(F)F)cc2)cc1. The van der Waals surface area contributed by atoms with E-state index in [4.69, 9.17) is 0 Å². The van der Waals surface area contributed by atoms with E-state index in [1.54, 1.807) is 0 Å². The van der Waals surface area contributed by atoms with Gasteiger partial charge in [0.05, 0.1) is 6.04 Å². The van der Waals surface area contributed by atoms with Crippen molar-refractivity contribution in [2.45, 2.75) is 32.9 Å². The number of rotatable bonds is 6. The fourth-order valence-electron chi connectivity index (χ4n) is 2.19. The van der Waals surface area contributed by atoms with Gasteiger partial charge in [-0.15, -0.1) is 0 Å². The van der Waals surface area contributed by atoms with Crippen LogP contribution in [0.3, 0.4) is 0 Å². The van der Waals surface area contributed by atoms with Gasteiger partial charge in [0.15, 0.2) is 0 Å². The van der Waals surface area contributed by atoms with E-state index < -0.39 is 6.61 Å². The summed E-state index contributed by atoms with van der Waals surface area (Å²) >= 11 is 0. The van der Waals surface area contributed by atoms with Crippen molar-refractivity contribution in [1.82, 2.24) is 5.32 Å². The molecule has 0 saturated carbocycles. The molecule has 122 valence electrons. The van der Waals surface area contributed by atoms with Crippen molar-refractivity contribution >= 4 is 5.91 Å². The average Bonchev–Trinajstić information content (AvgIpc) is 2.55. The van der Waals surface area contributed by atoms with E-state index in [2.05, 4.69) is 17.0 Å². The zero-order valence-electron chi connectivity index (χ0n) is 13.1. The molecule has 0 bridgehead atoms. The Hall–Kier alpha value is -2.43. The first-order chi connectivity index (χ1) is 11.0. The van der Waals surface area contributed by atoms with Crippen molar-refractivity contribution < 1.29 is 18.3 Å². The van der Waals surface area contributed by atoms with Crippen molar-refractivity contribution in [2.75, 3.05) is 0 Å². The number of hydrogen-bond acceptors (Lipinski definition) is 2. The van der Waals surface area contributed by atoms with Crippen LogP contribution in [0.2, 0.25) is 0 Å². The predicted molar refractivity (Wildman–Crippen MR) is 84.8 cm³/mol. The van der Waals surface area contributed by atoms with Gasteiger partial charge in [-0.3, -0.25) is 4.79 Å². The lowest BCUT2D eigenvalue weighted by atomic mass is 10.0. The average molecular weight is 319 g/mol.